The topological polar surface area (TPSA) is 66.8 Å². The quantitative estimate of drug-likeness (QED) is 0.629. The highest BCUT2D eigenvalue weighted by atomic mass is 32.1. The minimum absolute atomic E-state index is 0.127. The average molecular weight is 331 g/mol. The lowest BCUT2D eigenvalue weighted by Gasteiger charge is -2.16. The van der Waals surface area contributed by atoms with E-state index in [1.165, 1.54) is 16.2 Å². The zero-order valence-electron chi connectivity index (χ0n) is 12.7. The van der Waals surface area contributed by atoms with E-state index in [2.05, 4.69) is 6.58 Å². The van der Waals surface area contributed by atoms with Gasteiger partial charge in [0.1, 0.15) is 0 Å². The number of anilines is 1. The number of hydrogen-bond donors (Lipinski definition) is 1. The molecule has 0 aliphatic rings. The third-order valence-corrected chi connectivity index (χ3v) is 4.27. The number of ether oxygens (including phenoxy) is 1. The Kier molecular flexibility index (Phi) is 5.54. The van der Waals surface area contributed by atoms with Crippen LogP contribution in [0.3, 0.4) is 0 Å². The lowest BCUT2D eigenvalue weighted by atomic mass is 10.2. The van der Waals surface area contributed by atoms with Gasteiger partial charge in [-0.15, -0.1) is 6.58 Å². The summed E-state index contributed by atoms with van der Waals surface area (Å²) in [7, 11) is 1.61. The van der Waals surface area contributed by atoms with Crippen molar-refractivity contribution in [1.82, 2.24) is 0 Å². The molecule has 0 aliphatic carbocycles. The molecule has 0 radical (unpaired) electrons. The van der Waals surface area contributed by atoms with Gasteiger partial charge in [0.15, 0.2) is 0 Å². The molecule has 1 N–H and O–H groups in total. The number of benzene rings is 1. The highest BCUT2D eigenvalue weighted by molar-refractivity contribution is 7.18. The molecular formula is C17H17NO4S. The smallest absolute Gasteiger partial charge is 0.449 e. The molecular weight excluding hydrogens is 314 g/mol. The molecule has 0 saturated carbocycles. The number of hydrogen-bond acceptors (Lipinski definition) is 4. The first-order chi connectivity index (χ1) is 11.0. The number of carboxylic acid groups (broad SMARTS) is 1. The van der Waals surface area contributed by atoms with E-state index in [1.54, 1.807) is 19.2 Å². The molecule has 2 aromatic rings. The second kappa shape index (κ2) is 7.60. The van der Waals surface area contributed by atoms with Crippen molar-refractivity contribution in [2.24, 2.45) is 0 Å². The number of rotatable bonds is 6. The van der Waals surface area contributed by atoms with Gasteiger partial charge in [0, 0.05) is 18.3 Å². The van der Waals surface area contributed by atoms with Crippen LogP contribution in [0.4, 0.5) is 10.5 Å². The summed E-state index contributed by atoms with van der Waals surface area (Å²) in [6.45, 7) is 3.59. The van der Waals surface area contributed by atoms with Crippen LogP contribution in [-0.4, -0.2) is 24.2 Å². The fourth-order valence-electron chi connectivity index (χ4n) is 2.02. The van der Waals surface area contributed by atoms with Crippen molar-refractivity contribution in [3.8, 4) is 15.5 Å². The Hall–Kier alpha value is -2.60. The molecule has 0 bridgehead atoms. The number of thiophene rings is 1. The molecule has 120 valence electrons. The molecule has 1 heterocycles. The predicted molar refractivity (Wildman–Crippen MR) is 91.2 cm³/mol. The maximum Gasteiger partial charge on any atom is 0.512 e. The SMILES string of the molecule is C=CCCC(=O)N(C)c1cc(-c2ccccc2)sc1OC(=O)O. The van der Waals surface area contributed by atoms with E-state index >= 15 is 0 Å². The van der Waals surface area contributed by atoms with Gasteiger partial charge in [0.2, 0.25) is 11.0 Å². The largest absolute Gasteiger partial charge is 0.512 e. The van der Waals surface area contributed by atoms with Crippen LogP contribution in [0.2, 0.25) is 0 Å². The second-order valence-electron chi connectivity index (χ2n) is 4.80. The molecule has 2 rings (SSSR count). The highest BCUT2D eigenvalue weighted by Gasteiger charge is 2.21. The maximum atomic E-state index is 12.2. The van der Waals surface area contributed by atoms with Gasteiger partial charge in [-0.1, -0.05) is 47.7 Å². The fraction of sp³-hybridized carbons (Fsp3) is 0.176. The van der Waals surface area contributed by atoms with Gasteiger partial charge in [-0.05, 0) is 18.1 Å². The van der Waals surface area contributed by atoms with E-state index < -0.39 is 6.16 Å². The summed E-state index contributed by atoms with van der Waals surface area (Å²) < 4.78 is 4.84. The standard InChI is InChI=1S/C17H17NO4S/c1-3-4-10-15(19)18(2)13-11-14(12-8-6-5-7-9-12)23-16(13)22-17(20)21/h3,5-9,11H,1,4,10H2,2H3,(H,20,21). The van der Waals surface area contributed by atoms with Gasteiger partial charge in [0.25, 0.3) is 0 Å². The Balaban J connectivity index is 2.36. The second-order valence-corrected chi connectivity index (χ2v) is 5.81. The van der Waals surface area contributed by atoms with Crippen molar-refractivity contribution < 1.29 is 19.4 Å². The summed E-state index contributed by atoms with van der Waals surface area (Å²) in [5.41, 5.74) is 1.39. The number of allylic oxidation sites excluding steroid dienone is 1. The highest BCUT2D eigenvalue weighted by Crippen LogP contribution is 2.42. The Labute approximate surface area is 138 Å². The Morgan fingerprint density at radius 3 is 2.65 bits per heavy atom. The number of carbonyl (C=O) groups is 2. The van der Waals surface area contributed by atoms with E-state index in [4.69, 9.17) is 9.84 Å². The summed E-state index contributed by atoms with van der Waals surface area (Å²) >= 11 is 1.19. The molecule has 23 heavy (non-hydrogen) atoms. The van der Waals surface area contributed by atoms with Crippen LogP contribution in [0.5, 0.6) is 5.06 Å². The summed E-state index contributed by atoms with van der Waals surface area (Å²) in [5.74, 6) is -0.127. The van der Waals surface area contributed by atoms with Crippen LogP contribution in [0.15, 0.2) is 49.1 Å². The number of amides is 1. The summed E-state index contributed by atoms with van der Waals surface area (Å²) in [4.78, 5) is 25.3. The van der Waals surface area contributed by atoms with Gasteiger partial charge in [0.05, 0.1) is 5.69 Å². The summed E-state index contributed by atoms with van der Waals surface area (Å²) in [6, 6.07) is 11.3. The van der Waals surface area contributed by atoms with E-state index in [1.807, 2.05) is 30.3 Å². The van der Waals surface area contributed by atoms with Crippen LogP contribution >= 0.6 is 11.3 Å². The first-order valence-corrected chi connectivity index (χ1v) is 7.82. The normalized spacial score (nSPS) is 10.1. The monoisotopic (exact) mass is 331 g/mol. The molecule has 0 unspecified atom stereocenters. The van der Waals surface area contributed by atoms with Gasteiger partial charge in [-0.3, -0.25) is 4.79 Å². The van der Waals surface area contributed by atoms with Crippen LogP contribution in [0.25, 0.3) is 10.4 Å². The van der Waals surface area contributed by atoms with Crippen molar-refractivity contribution >= 4 is 29.1 Å². The molecule has 1 aromatic carbocycles. The zero-order valence-corrected chi connectivity index (χ0v) is 13.5. The minimum Gasteiger partial charge on any atom is -0.449 e. The molecule has 0 aliphatic heterocycles. The first kappa shape index (κ1) is 16.8. The molecule has 5 nitrogen and oxygen atoms in total. The van der Waals surface area contributed by atoms with Crippen molar-refractivity contribution in [3.63, 3.8) is 0 Å². The Morgan fingerprint density at radius 1 is 1.35 bits per heavy atom. The zero-order chi connectivity index (χ0) is 16.8. The minimum atomic E-state index is -1.40. The molecule has 1 amide bonds. The van der Waals surface area contributed by atoms with Gasteiger partial charge < -0.3 is 14.7 Å². The van der Waals surface area contributed by atoms with Crippen LogP contribution < -0.4 is 9.64 Å². The molecule has 0 saturated heterocycles. The maximum absolute atomic E-state index is 12.2. The van der Waals surface area contributed by atoms with Crippen LogP contribution in [-0.2, 0) is 4.79 Å². The molecule has 6 heteroatoms. The lowest BCUT2D eigenvalue weighted by Crippen LogP contribution is -2.25. The van der Waals surface area contributed by atoms with Gasteiger partial charge >= 0.3 is 6.16 Å². The average Bonchev–Trinajstić information content (AvgIpc) is 2.95. The van der Waals surface area contributed by atoms with E-state index in [0.29, 0.717) is 18.5 Å². The fourth-order valence-corrected chi connectivity index (χ4v) is 3.06. The van der Waals surface area contributed by atoms with Gasteiger partial charge in [-0.25, -0.2) is 4.79 Å². The number of nitrogens with zero attached hydrogens (tertiary/aromatic N) is 1. The van der Waals surface area contributed by atoms with E-state index in [9.17, 15) is 9.59 Å². The van der Waals surface area contributed by atoms with Crippen molar-refractivity contribution in [2.45, 2.75) is 12.8 Å². The predicted octanol–water partition coefficient (Wildman–Crippen LogP) is 4.40. The molecule has 0 fully saturated rings. The third-order valence-electron chi connectivity index (χ3n) is 3.22. The van der Waals surface area contributed by atoms with E-state index in [0.717, 1.165) is 10.4 Å². The Morgan fingerprint density at radius 2 is 2.04 bits per heavy atom. The lowest BCUT2D eigenvalue weighted by molar-refractivity contribution is -0.118. The van der Waals surface area contributed by atoms with Crippen molar-refractivity contribution in [3.05, 3.63) is 49.1 Å². The third kappa shape index (κ3) is 4.20. The van der Waals surface area contributed by atoms with Crippen molar-refractivity contribution in [1.29, 1.82) is 0 Å². The number of carbonyl (C=O) groups excluding carboxylic acids is 1. The molecule has 1 aromatic heterocycles. The van der Waals surface area contributed by atoms with Crippen molar-refractivity contribution in [2.75, 3.05) is 11.9 Å². The van der Waals surface area contributed by atoms with Gasteiger partial charge in [-0.2, -0.15) is 0 Å². The Bertz CT molecular complexity index is 709. The summed E-state index contributed by atoms with van der Waals surface area (Å²) in [6.07, 6.45) is 1.14. The first-order valence-electron chi connectivity index (χ1n) is 7.00. The summed E-state index contributed by atoms with van der Waals surface area (Å²) in [5, 5.41) is 9.09. The molecule has 0 spiro atoms. The molecule has 0 atom stereocenters. The van der Waals surface area contributed by atoms with Crippen LogP contribution in [0.1, 0.15) is 12.8 Å². The van der Waals surface area contributed by atoms with Crippen LogP contribution in [0, 0.1) is 0 Å². The van der Waals surface area contributed by atoms with E-state index in [-0.39, 0.29) is 11.0 Å².